The standard InChI is InChI=1S/C17H26N2O3/c1-4-21-16(20)17(2,3)22-15-9-5-8-14(11-15)19-10-6-7-13(18)12-19/h5,8-9,11,13H,4,6-7,10,12,18H2,1-3H3. The third-order valence-corrected chi connectivity index (χ3v) is 3.78. The highest BCUT2D eigenvalue weighted by atomic mass is 16.6. The van der Waals surface area contributed by atoms with Gasteiger partial charge in [-0.25, -0.2) is 4.79 Å². The molecule has 0 radical (unpaired) electrons. The van der Waals surface area contributed by atoms with Crippen molar-refractivity contribution in [1.82, 2.24) is 0 Å². The van der Waals surface area contributed by atoms with Crippen LogP contribution in [-0.4, -0.2) is 37.3 Å². The number of hydrogen-bond donors (Lipinski definition) is 1. The Bertz CT molecular complexity index is 516. The van der Waals surface area contributed by atoms with Gasteiger partial charge >= 0.3 is 5.97 Å². The first-order valence-electron chi connectivity index (χ1n) is 7.89. The first kappa shape index (κ1) is 16.6. The molecule has 1 aromatic carbocycles. The maximum absolute atomic E-state index is 11.9. The molecule has 1 aliphatic heterocycles. The van der Waals surface area contributed by atoms with Gasteiger partial charge in [0.1, 0.15) is 5.75 Å². The maximum Gasteiger partial charge on any atom is 0.349 e. The summed E-state index contributed by atoms with van der Waals surface area (Å²) in [4.78, 5) is 14.2. The molecule has 1 saturated heterocycles. The first-order valence-corrected chi connectivity index (χ1v) is 7.89. The number of esters is 1. The largest absolute Gasteiger partial charge is 0.476 e. The van der Waals surface area contributed by atoms with Crippen molar-refractivity contribution >= 4 is 11.7 Å². The molecule has 1 aliphatic rings. The molecule has 2 rings (SSSR count). The van der Waals surface area contributed by atoms with Gasteiger partial charge in [-0.15, -0.1) is 0 Å². The molecule has 1 aromatic rings. The van der Waals surface area contributed by atoms with Crippen LogP contribution < -0.4 is 15.4 Å². The van der Waals surface area contributed by atoms with Crippen LogP contribution in [0.15, 0.2) is 24.3 Å². The van der Waals surface area contributed by atoms with Crippen LogP contribution in [-0.2, 0) is 9.53 Å². The van der Waals surface area contributed by atoms with Gasteiger partial charge in [0.05, 0.1) is 6.61 Å². The van der Waals surface area contributed by atoms with Crippen LogP contribution in [0.3, 0.4) is 0 Å². The average Bonchev–Trinajstić information content (AvgIpc) is 2.47. The molecule has 0 bridgehead atoms. The molecule has 0 spiro atoms. The minimum Gasteiger partial charge on any atom is -0.476 e. The lowest BCUT2D eigenvalue weighted by Crippen LogP contribution is -2.43. The fraction of sp³-hybridized carbons (Fsp3) is 0.588. The van der Waals surface area contributed by atoms with Crippen LogP contribution in [0.25, 0.3) is 0 Å². The van der Waals surface area contributed by atoms with Gasteiger partial charge in [-0.1, -0.05) is 6.07 Å². The number of carbonyl (C=O) groups is 1. The molecule has 2 N–H and O–H groups in total. The van der Waals surface area contributed by atoms with Crippen molar-refractivity contribution in [3.05, 3.63) is 24.3 Å². The van der Waals surface area contributed by atoms with Crippen LogP contribution in [0, 0.1) is 0 Å². The van der Waals surface area contributed by atoms with E-state index >= 15 is 0 Å². The van der Waals surface area contributed by atoms with Gasteiger partial charge < -0.3 is 20.1 Å². The van der Waals surface area contributed by atoms with E-state index in [1.165, 1.54) is 0 Å². The topological polar surface area (TPSA) is 64.8 Å². The molecule has 5 heteroatoms. The summed E-state index contributed by atoms with van der Waals surface area (Å²) in [6, 6.07) is 8.01. The van der Waals surface area contributed by atoms with Crippen molar-refractivity contribution in [1.29, 1.82) is 0 Å². The summed E-state index contributed by atoms with van der Waals surface area (Å²) in [7, 11) is 0. The quantitative estimate of drug-likeness (QED) is 0.846. The van der Waals surface area contributed by atoms with Crippen molar-refractivity contribution in [2.75, 3.05) is 24.6 Å². The molecular weight excluding hydrogens is 280 g/mol. The van der Waals surface area contributed by atoms with E-state index in [2.05, 4.69) is 4.90 Å². The molecule has 0 saturated carbocycles. The molecule has 1 fully saturated rings. The molecule has 122 valence electrons. The minimum absolute atomic E-state index is 0.217. The summed E-state index contributed by atoms with van der Waals surface area (Å²) >= 11 is 0. The second-order valence-corrected chi connectivity index (χ2v) is 6.18. The molecular formula is C17H26N2O3. The molecule has 22 heavy (non-hydrogen) atoms. The Morgan fingerprint density at radius 2 is 2.23 bits per heavy atom. The summed E-state index contributed by atoms with van der Waals surface area (Å²) < 4.78 is 10.9. The molecule has 1 atom stereocenters. The van der Waals surface area contributed by atoms with Crippen LogP contribution >= 0.6 is 0 Å². The van der Waals surface area contributed by atoms with E-state index in [4.69, 9.17) is 15.2 Å². The number of piperidine rings is 1. The summed E-state index contributed by atoms with van der Waals surface area (Å²) in [6.45, 7) is 7.41. The zero-order chi connectivity index (χ0) is 16.2. The lowest BCUT2D eigenvalue weighted by molar-refractivity contribution is -0.158. The predicted molar refractivity (Wildman–Crippen MR) is 87.2 cm³/mol. The zero-order valence-electron chi connectivity index (χ0n) is 13.7. The van der Waals surface area contributed by atoms with E-state index < -0.39 is 5.60 Å². The Kier molecular flexibility index (Phi) is 5.29. The number of rotatable bonds is 5. The highest BCUT2D eigenvalue weighted by molar-refractivity contribution is 5.79. The van der Waals surface area contributed by atoms with Gasteiger partial charge in [0.25, 0.3) is 0 Å². The third-order valence-electron chi connectivity index (χ3n) is 3.78. The molecule has 1 unspecified atom stereocenters. The Morgan fingerprint density at radius 1 is 1.45 bits per heavy atom. The smallest absolute Gasteiger partial charge is 0.349 e. The van der Waals surface area contributed by atoms with E-state index in [9.17, 15) is 4.79 Å². The number of nitrogens with zero attached hydrogens (tertiary/aromatic N) is 1. The Hall–Kier alpha value is -1.75. The number of nitrogens with two attached hydrogens (primary N) is 1. The van der Waals surface area contributed by atoms with E-state index in [-0.39, 0.29) is 12.0 Å². The highest BCUT2D eigenvalue weighted by Crippen LogP contribution is 2.26. The number of hydrogen-bond acceptors (Lipinski definition) is 5. The van der Waals surface area contributed by atoms with Gasteiger partial charge in [0.2, 0.25) is 0 Å². The maximum atomic E-state index is 11.9. The van der Waals surface area contributed by atoms with E-state index in [0.29, 0.717) is 12.4 Å². The van der Waals surface area contributed by atoms with Gasteiger partial charge in [0.15, 0.2) is 5.60 Å². The number of anilines is 1. The minimum atomic E-state index is -1.01. The molecule has 0 aromatic heterocycles. The van der Waals surface area contributed by atoms with Crippen molar-refractivity contribution in [2.24, 2.45) is 5.73 Å². The predicted octanol–water partition coefficient (Wildman–Crippen LogP) is 2.33. The summed E-state index contributed by atoms with van der Waals surface area (Å²) in [5.74, 6) is 0.301. The lowest BCUT2D eigenvalue weighted by Gasteiger charge is -2.33. The van der Waals surface area contributed by atoms with Crippen molar-refractivity contribution in [2.45, 2.75) is 45.3 Å². The van der Waals surface area contributed by atoms with Crippen LogP contribution in [0.4, 0.5) is 5.69 Å². The van der Waals surface area contributed by atoms with Gasteiger partial charge in [-0.3, -0.25) is 0 Å². The number of ether oxygens (including phenoxy) is 2. The Balaban J connectivity index is 2.09. The first-order chi connectivity index (χ1) is 10.4. The Labute approximate surface area is 132 Å². The van der Waals surface area contributed by atoms with Gasteiger partial charge in [-0.05, 0) is 45.7 Å². The van der Waals surface area contributed by atoms with Crippen molar-refractivity contribution in [3.8, 4) is 5.75 Å². The fourth-order valence-corrected chi connectivity index (χ4v) is 2.63. The number of carbonyl (C=O) groups excluding carboxylic acids is 1. The second kappa shape index (κ2) is 7.01. The lowest BCUT2D eigenvalue weighted by atomic mass is 10.1. The monoisotopic (exact) mass is 306 g/mol. The second-order valence-electron chi connectivity index (χ2n) is 6.18. The third kappa shape index (κ3) is 4.13. The van der Waals surface area contributed by atoms with Crippen LogP contribution in [0.5, 0.6) is 5.75 Å². The van der Waals surface area contributed by atoms with Gasteiger partial charge in [0, 0.05) is 30.9 Å². The fourth-order valence-electron chi connectivity index (χ4n) is 2.63. The Morgan fingerprint density at radius 3 is 2.91 bits per heavy atom. The van der Waals surface area contributed by atoms with E-state index in [1.807, 2.05) is 24.3 Å². The summed E-state index contributed by atoms with van der Waals surface area (Å²) in [5.41, 5.74) is 6.11. The summed E-state index contributed by atoms with van der Waals surface area (Å²) in [6.07, 6.45) is 2.17. The summed E-state index contributed by atoms with van der Waals surface area (Å²) in [5, 5.41) is 0. The van der Waals surface area contributed by atoms with Crippen molar-refractivity contribution < 1.29 is 14.3 Å². The highest BCUT2D eigenvalue weighted by Gasteiger charge is 2.31. The van der Waals surface area contributed by atoms with E-state index in [0.717, 1.165) is 31.6 Å². The normalized spacial score (nSPS) is 18.9. The number of benzene rings is 1. The zero-order valence-corrected chi connectivity index (χ0v) is 13.7. The molecule has 1 heterocycles. The van der Waals surface area contributed by atoms with Crippen LogP contribution in [0.2, 0.25) is 0 Å². The van der Waals surface area contributed by atoms with E-state index in [1.54, 1.807) is 20.8 Å². The molecule has 0 aliphatic carbocycles. The SMILES string of the molecule is CCOC(=O)C(C)(C)Oc1cccc(N2CCCC(N)C2)c1. The van der Waals surface area contributed by atoms with Crippen LogP contribution in [0.1, 0.15) is 33.6 Å². The van der Waals surface area contributed by atoms with Gasteiger partial charge in [-0.2, -0.15) is 0 Å². The van der Waals surface area contributed by atoms with Crippen molar-refractivity contribution in [3.63, 3.8) is 0 Å². The average molecular weight is 306 g/mol. The molecule has 0 amide bonds. The molecule has 5 nitrogen and oxygen atoms in total.